The van der Waals surface area contributed by atoms with Gasteiger partial charge in [-0.2, -0.15) is 10.5 Å². The van der Waals surface area contributed by atoms with Crippen molar-refractivity contribution in [2.45, 2.75) is 18.6 Å². The quantitative estimate of drug-likeness (QED) is 0.506. The fourth-order valence-electron chi connectivity index (χ4n) is 3.65. The van der Waals surface area contributed by atoms with Crippen LogP contribution in [0.2, 0.25) is 0 Å². The molecule has 3 aromatic rings. The summed E-state index contributed by atoms with van der Waals surface area (Å²) < 4.78 is 15.1. The van der Waals surface area contributed by atoms with E-state index in [1.165, 1.54) is 18.6 Å². The fraction of sp³-hybridized carbons (Fsp3) is 0.217. The molecule has 3 aromatic heterocycles. The minimum absolute atomic E-state index is 0.101. The lowest BCUT2D eigenvalue weighted by atomic mass is 10.0. The molecule has 1 fully saturated rings. The highest BCUT2D eigenvalue weighted by atomic mass is 19.1. The summed E-state index contributed by atoms with van der Waals surface area (Å²) in [5, 5.41) is 24.0. The molecular weight excluding hydrogens is 437 g/mol. The summed E-state index contributed by atoms with van der Waals surface area (Å²) in [6.45, 7) is 0.632. The van der Waals surface area contributed by atoms with Gasteiger partial charge in [0, 0.05) is 31.2 Å². The number of anilines is 4. The average molecular weight is 457 g/mol. The number of rotatable bonds is 6. The minimum atomic E-state index is -1.26. The van der Waals surface area contributed by atoms with Crippen molar-refractivity contribution in [3.63, 3.8) is 0 Å². The van der Waals surface area contributed by atoms with E-state index in [0.717, 1.165) is 0 Å². The number of nitrogens with two attached hydrogens (primary N) is 1. The molecule has 1 saturated heterocycles. The van der Waals surface area contributed by atoms with E-state index >= 15 is 4.39 Å². The van der Waals surface area contributed by atoms with Gasteiger partial charge in [-0.15, -0.1) is 0 Å². The van der Waals surface area contributed by atoms with Gasteiger partial charge >= 0.3 is 0 Å². The number of carbonyl (C=O) groups is 1. The number of piperidine rings is 1. The number of nitrogens with one attached hydrogen (secondary N) is 2. The van der Waals surface area contributed by atoms with E-state index in [1.807, 2.05) is 17.0 Å². The van der Waals surface area contributed by atoms with E-state index in [4.69, 9.17) is 16.3 Å². The number of halogens is 1. The number of pyridine rings is 3. The van der Waals surface area contributed by atoms with E-state index in [0.29, 0.717) is 47.2 Å². The molecule has 10 nitrogen and oxygen atoms in total. The second-order valence-corrected chi connectivity index (χ2v) is 7.66. The highest BCUT2D eigenvalue weighted by Gasteiger charge is 2.30. The molecule has 0 spiro atoms. The summed E-state index contributed by atoms with van der Waals surface area (Å²) >= 11 is 0. The lowest BCUT2D eigenvalue weighted by Crippen LogP contribution is -2.48. The van der Waals surface area contributed by atoms with E-state index in [1.54, 1.807) is 30.3 Å². The number of hydrogen-bond acceptors (Lipinski definition) is 9. The number of carbonyl (C=O) groups excluding carboxylic acids is 1. The second kappa shape index (κ2) is 9.79. The Bertz CT molecular complexity index is 1280. The number of aromatic nitrogens is 3. The molecule has 2 atom stereocenters. The predicted octanol–water partition coefficient (Wildman–Crippen LogP) is 2.49. The zero-order valence-electron chi connectivity index (χ0n) is 17.9. The molecule has 0 aromatic carbocycles. The van der Waals surface area contributed by atoms with Crippen molar-refractivity contribution in [2.75, 3.05) is 28.6 Å². The number of amides is 1. The third-order valence-corrected chi connectivity index (χ3v) is 5.40. The number of primary amides is 1. The van der Waals surface area contributed by atoms with E-state index < -0.39 is 18.1 Å². The maximum Gasteiger partial charge on any atom is 0.252 e. The largest absolute Gasteiger partial charge is 0.378 e. The molecule has 0 aliphatic carbocycles. The number of alkyl halides is 1. The molecule has 1 aliphatic rings. The van der Waals surface area contributed by atoms with Crippen LogP contribution in [0.3, 0.4) is 0 Å². The standard InChI is InChI=1S/C23H20FN9O/c24-17-13-33(22-2-1-15(10-26)11-30-22)6-4-18(17)31-19-8-21(29-12-16(19)23(27)34)32-20-7-14(9-25)3-5-28-20/h1-3,5,7-8,11-12,17-18H,4,6,13H2,(H2,27,34)(H2,28,29,31,32)/t17-,18+/m0/s1. The van der Waals surface area contributed by atoms with Crippen molar-refractivity contribution in [3.05, 3.63) is 65.6 Å². The Kier molecular flexibility index (Phi) is 6.46. The molecule has 0 radical (unpaired) electrons. The van der Waals surface area contributed by atoms with Gasteiger partial charge in [0.1, 0.15) is 29.7 Å². The first-order valence-electron chi connectivity index (χ1n) is 10.4. The van der Waals surface area contributed by atoms with Gasteiger partial charge < -0.3 is 21.3 Å². The van der Waals surface area contributed by atoms with Crippen LogP contribution >= 0.6 is 0 Å². The molecule has 34 heavy (non-hydrogen) atoms. The first kappa shape index (κ1) is 22.4. The highest BCUT2D eigenvalue weighted by molar-refractivity contribution is 5.98. The molecule has 0 bridgehead atoms. The SMILES string of the molecule is N#Cc1ccc(N2CC[C@@H](Nc3cc(Nc4cc(C#N)ccn4)ncc3C(N)=O)[C@@H](F)C2)nc1. The Balaban J connectivity index is 1.49. The number of hydrogen-bond donors (Lipinski definition) is 3. The van der Waals surface area contributed by atoms with Crippen LogP contribution in [0.4, 0.5) is 27.5 Å². The fourth-order valence-corrected chi connectivity index (χ4v) is 3.65. The van der Waals surface area contributed by atoms with Gasteiger partial charge in [-0.3, -0.25) is 4.79 Å². The minimum Gasteiger partial charge on any atom is -0.378 e. The summed E-state index contributed by atoms with van der Waals surface area (Å²) in [6, 6.07) is 11.5. The average Bonchev–Trinajstić information content (AvgIpc) is 2.85. The van der Waals surface area contributed by atoms with Crippen LogP contribution < -0.4 is 21.3 Å². The normalized spacial score (nSPS) is 17.3. The van der Waals surface area contributed by atoms with Crippen molar-refractivity contribution in [2.24, 2.45) is 5.73 Å². The molecule has 4 rings (SSSR count). The van der Waals surface area contributed by atoms with Gasteiger partial charge in [-0.25, -0.2) is 19.3 Å². The molecule has 1 aliphatic heterocycles. The molecule has 1 amide bonds. The summed E-state index contributed by atoms with van der Waals surface area (Å²) in [6.07, 6.45) is 3.44. The third kappa shape index (κ3) is 5.00. The Hall–Kier alpha value is -4.77. The first-order chi connectivity index (χ1) is 16.5. The zero-order valence-corrected chi connectivity index (χ0v) is 17.9. The summed E-state index contributed by atoms with van der Waals surface area (Å²) in [5.41, 5.74) is 6.84. The van der Waals surface area contributed by atoms with Gasteiger partial charge in [-0.05, 0) is 30.7 Å². The van der Waals surface area contributed by atoms with Gasteiger partial charge in [0.25, 0.3) is 5.91 Å². The van der Waals surface area contributed by atoms with E-state index in [9.17, 15) is 4.79 Å². The second-order valence-electron chi connectivity index (χ2n) is 7.66. The van der Waals surface area contributed by atoms with Crippen LogP contribution in [0.15, 0.2) is 48.9 Å². The molecule has 4 heterocycles. The van der Waals surface area contributed by atoms with Crippen molar-refractivity contribution < 1.29 is 9.18 Å². The van der Waals surface area contributed by atoms with Crippen LogP contribution in [0.5, 0.6) is 0 Å². The van der Waals surface area contributed by atoms with Crippen LogP contribution in [-0.4, -0.2) is 46.2 Å². The lowest BCUT2D eigenvalue weighted by molar-refractivity contribution is 0.100. The van der Waals surface area contributed by atoms with Crippen molar-refractivity contribution >= 4 is 29.0 Å². The number of nitrogens with zero attached hydrogens (tertiary/aromatic N) is 6. The van der Waals surface area contributed by atoms with Gasteiger partial charge in [0.15, 0.2) is 0 Å². The zero-order chi connectivity index (χ0) is 24.1. The molecule has 0 unspecified atom stereocenters. The smallest absolute Gasteiger partial charge is 0.252 e. The topological polar surface area (TPSA) is 157 Å². The van der Waals surface area contributed by atoms with Crippen LogP contribution in [0, 0.1) is 22.7 Å². The summed E-state index contributed by atoms with van der Waals surface area (Å²) in [7, 11) is 0. The van der Waals surface area contributed by atoms with Crippen LogP contribution in [0.25, 0.3) is 0 Å². The van der Waals surface area contributed by atoms with E-state index in [-0.39, 0.29) is 12.1 Å². The van der Waals surface area contributed by atoms with Crippen molar-refractivity contribution in [1.29, 1.82) is 10.5 Å². The Morgan fingerprint density at radius 3 is 2.56 bits per heavy atom. The Labute approximate surface area is 194 Å². The Morgan fingerprint density at radius 2 is 1.88 bits per heavy atom. The van der Waals surface area contributed by atoms with Crippen molar-refractivity contribution in [3.8, 4) is 12.1 Å². The van der Waals surface area contributed by atoms with Gasteiger partial charge in [0.2, 0.25) is 0 Å². The van der Waals surface area contributed by atoms with Crippen molar-refractivity contribution in [1.82, 2.24) is 15.0 Å². The molecule has 11 heteroatoms. The predicted molar refractivity (Wildman–Crippen MR) is 123 cm³/mol. The maximum absolute atomic E-state index is 15.1. The highest BCUT2D eigenvalue weighted by Crippen LogP contribution is 2.26. The van der Waals surface area contributed by atoms with E-state index in [2.05, 4.69) is 25.6 Å². The lowest BCUT2D eigenvalue weighted by Gasteiger charge is -2.36. The first-order valence-corrected chi connectivity index (χ1v) is 10.4. The Morgan fingerprint density at radius 1 is 1.09 bits per heavy atom. The number of nitriles is 2. The van der Waals surface area contributed by atoms with Gasteiger partial charge in [-0.1, -0.05) is 0 Å². The molecule has 4 N–H and O–H groups in total. The third-order valence-electron chi connectivity index (χ3n) is 5.40. The molecular formula is C23H20FN9O. The van der Waals surface area contributed by atoms with Gasteiger partial charge in [0.05, 0.1) is 41.0 Å². The van der Waals surface area contributed by atoms with Crippen LogP contribution in [-0.2, 0) is 0 Å². The van der Waals surface area contributed by atoms with Crippen LogP contribution in [0.1, 0.15) is 27.9 Å². The summed E-state index contributed by atoms with van der Waals surface area (Å²) in [5.74, 6) is 0.654. The maximum atomic E-state index is 15.1. The molecule has 170 valence electrons. The summed E-state index contributed by atoms with van der Waals surface area (Å²) in [4.78, 5) is 26.3. The molecule has 0 saturated carbocycles. The monoisotopic (exact) mass is 457 g/mol.